The average molecular weight is 473 g/mol. The predicted molar refractivity (Wildman–Crippen MR) is 118 cm³/mol. The maximum atomic E-state index is 12.7. The van der Waals surface area contributed by atoms with Crippen LogP contribution in [-0.4, -0.2) is 28.4 Å². The van der Waals surface area contributed by atoms with Crippen LogP contribution < -0.4 is 18.4 Å². The normalized spacial score (nSPS) is 14.1. The van der Waals surface area contributed by atoms with Gasteiger partial charge in [-0.15, -0.1) is 0 Å². The van der Waals surface area contributed by atoms with Crippen LogP contribution in [0.15, 0.2) is 71.3 Å². The Morgan fingerprint density at radius 3 is 2.31 bits per heavy atom. The van der Waals surface area contributed by atoms with E-state index in [9.17, 15) is 13.2 Å². The Kier molecular flexibility index (Phi) is 5.82. The van der Waals surface area contributed by atoms with E-state index in [2.05, 4.69) is 0 Å². The summed E-state index contributed by atoms with van der Waals surface area (Å²) in [5.41, 5.74) is 0.966. The summed E-state index contributed by atoms with van der Waals surface area (Å²) < 4.78 is 46.3. The van der Waals surface area contributed by atoms with Crippen LogP contribution in [0.25, 0.3) is 6.08 Å². The smallest absolute Gasteiger partial charge is 0.339 e. The lowest BCUT2D eigenvalue weighted by molar-refractivity contribution is 0.101. The largest absolute Gasteiger partial charge is 0.493 e. The molecule has 0 atom stereocenters. The minimum Gasteiger partial charge on any atom is -0.493 e. The van der Waals surface area contributed by atoms with Gasteiger partial charge in [-0.1, -0.05) is 17.7 Å². The van der Waals surface area contributed by atoms with E-state index in [1.807, 2.05) is 0 Å². The van der Waals surface area contributed by atoms with Crippen LogP contribution in [-0.2, 0) is 10.1 Å². The van der Waals surface area contributed by atoms with Crippen LogP contribution in [0.4, 0.5) is 0 Å². The fourth-order valence-electron chi connectivity index (χ4n) is 3.09. The van der Waals surface area contributed by atoms with E-state index in [4.69, 9.17) is 30.0 Å². The van der Waals surface area contributed by atoms with Gasteiger partial charge in [0.1, 0.15) is 16.4 Å². The number of allylic oxidation sites excluding steroid dienone is 1. The van der Waals surface area contributed by atoms with Crippen molar-refractivity contribution in [3.63, 3.8) is 0 Å². The lowest BCUT2D eigenvalue weighted by Crippen LogP contribution is -2.09. The molecule has 7 nitrogen and oxygen atoms in total. The van der Waals surface area contributed by atoms with E-state index < -0.39 is 10.1 Å². The summed E-state index contributed by atoms with van der Waals surface area (Å²) in [5.74, 6) is 1.03. The molecule has 1 heterocycles. The van der Waals surface area contributed by atoms with Crippen molar-refractivity contribution >= 4 is 33.6 Å². The first kappa shape index (κ1) is 21.7. The zero-order chi connectivity index (χ0) is 22.9. The molecular weight excluding hydrogens is 456 g/mol. The van der Waals surface area contributed by atoms with E-state index in [1.165, 1.54) is 56.7 Å². The number of carbonyl (C=O) groups is 1. The highest BCUT2D eigenvalue weighted by Gasteiger charge is 2.29. The van der Waals surface area contributed by atoms with Gasteiger partial charge in [-0.2, -0.15) is 8.42 Å². The quantitative estimate of drug-likeness (QED) is 0.378. The maximum absolute atomic E-state index is 12.7. The molecule has 0 amide bonds. The average Bonchev–Trinajstić information content (AvgIpc) is 3.08. The van der Waals surface area contributed by atoms with Gasteiger partial charge in [-0.3, -0.25) is 4.79 Å². The van der Waals surface area contributed by atoms with E-state index in [1.54, 1.807) is 24.3 Å². The molecule has 4 rings (SSSR count). The summed E-state index contributed by atoms with van der Waals surface area (Å²) in [7, 11) is -1.03. The second-order valence-electron chi connectivity index (χ2n) is 6.70. The molecule has 0 N–H and O–H groups in total. The van der Waals surface area contributed by atoms with Crippen molar-refractivity contribution in [2.75, 3.05) is 14.2 Å². The van der Waals surface area contributed by atoms with Crippen LogP contribution in [0.2, 0.25) is 5.02 Å². The third-order valence-corrected chi connectivity index (χ3v) is 6.17. The Morgan fingerprint density at radius 2 is 1.62 bits per heavy atom. The monoisotopic (exact) mass is 472 g/mol. The standard InChI is InChI=1S/C23H17ClO7S/c1-28-19-10-3-14(11-21(19)29-2)12-22-23(25)18-9-6-16(13-20(18)30-22)31-32(26,27)17-7-4-15(24)5-8-17/h3-13H,1-2H3. The van der Waals surface area contributed by atoms with Gasteiger partial charge in [-0.05, 0) is 60.2 Å². The number of ether oxygens (including phenoxy) is 3. The number of methoxy groups -OCH3 is 2. The minimum absolute atomic E-state index is 0.0128. The topological polar surface area (TPSA) is 88.1 Å². The fourth-order valence-corrected chi connectivity index (χ4v) is 4.14. The summed E-state index contributed by atoms with van der Waals surface area (Å²) >= 11 is 5.80. The molecule has 9 heteroatoms. The molecule has 0 aliphatic carbocycles. The zero-order valence-corrected chi connectivity index (χ0v) is 18.6. The van der Waals surface area contributed by atoms with Gasteiger partial charge in [0.15, 0.2) is 17.3 Å². The number of rotatable bonds is 6. The molecule has 0 spiro atoms. The molecule has 3 aromatic rings. The van der Waals surface area contributed by atoms with E-state index in [-0.39, 0.29) is 27.9 Å². The fraction of sp³-hybridized carbons (Fsp3) is 0.0870. The Morgan fingerprint density at radius 1 is 0.906 bits per heavy atom. The van der Waals surface area contributed by atoms with Crippen molar-refractivity contribution in [2.24, 2.45) is 0 Å². The Labute approximate surface area is 189 Å². The molecule has 164 valence electrons. The lowest BCUT2D eigenvalue weighted by Gasteiger charge is -2.08. The highest BCUT2D eigenvalue weighted by Crippen LogP contribution is 2.36. The van der Waals surface area contributed by atoms with Gasteiger partial charge < -0.3 is 18.4 Å². The molecule has 1 aliphatic rings. The third kappa shape index (κ3) is 4.28. The molecule has 0 radical (unpaired) electrons. The molecule has 32 heavy (non-hydrogen) atoms. The van der Waals surface area contributed by atoms with Crippen molar-refractivity contribution in [1.29, 1.82) is 0 Å². The number of fused-ring (bicyclic) bond motifs is 1. The van der Waals surface area contributed by atoms with Crippen LogP contribution in [0.1, 0.15) is 15.9 Å². The van der Waals surface area contributed by atoms with Crippen LogP contribution in [0.5, 0.6) is 23.0 Å². The van der Waals surface area contributed by atoms with Crippen LogP contribution >= 0.6 is 11.6 Å². The second-order valence-corrected chi connectivity index (χ2v) is 8.69. The van der Waals surface area contributed by atoms with E-state index in [0.29, 0.717) is 27.6 Å². The summed E-state index contributed by atoms with van der Waals surface area (Å²) in [6.45, 7) is 0. The number of Topliss-reactive ketones (excluding diaryl/α,β-unsaturated/α-hetero) is 1. The minimum atomic E-state index is -4.08. The molecule has 0 aromatic heterocycles. The molecule has 3 aromatic carbocycles. The highest BCUT2D eigenvalue weighted by atomic mass is 35.5. The Balaban J connectivity index is 1.58. The van der Waals surface area contributed by atoms with Crippen LogP contribution in [0.3, 0.4) is 0 Å². The molecule has 1 aliphatic heterocycles. The van der Waals surface area contributed by atoms with Crippen molar-refractivity contribution in [2.45, 2.75) is 4.90 Å². The lowest BCUT2D eigenvalue weighted by atomic mass is 10.1. The molecule has 0 bridgehead atoms. The second kappa shape index (κ2) is 8.57. The number of benzene rings is 3. The molecular formula is C23H17ClO7S. The number of hydrogen-bond donors (Lipinski definition) is 0. The molecule has 0 fully saturated rings. The van der Waals surface area contributed by atoms with E-state index >= 15 is 0 Å². The van der Waals surface area contributed by atoms with Gasteiger partial charge >= 0.3 is 10.1 Å². The Bertz CT molecular complexity index is 1330. The Hall–Kier alpha value is -3.49. The van der Waals surface area contributed by atoms with Gasteiger partial charge in [0.05, 0.1) is 19.8 Å². The van der Waals surface area contributed by atoms with Gasteiger partial charge in [0, 0.05) is 11.1 Å². The van der Waals surface area contributed by atoms with Crippen LogP contribution in [0, 0.1) is 0 Å². The molecule has 0 saturated heterocycles. The first-order valence-electron chi connectivity index (χ1n) is 9.31. The van der Waals surface area contributed by atoms with Gasteiger partial charge in [0.2, 0.25) is 5.78 Å². The number of ketones is 1. The third-order valence-electron chi connectivity index (χ3n) is 4.66. The summed E-state index contributed by atoms with van der Waals surface area (Å²) in [6.07, 6.45) is 1.56. The molecule has 0 unspecified atom stereocenters. The summed E-state index contributed by atoms with van der Waals surface area (Å²) in [5, 5.41) is 0.405. The maximum Gasteiger partial charge on any atom is 0.339 e. The first-order chi connectivity index (χ1) is 15.3. The van der Waals surface area contributed by atoms with Crippen molar-refractivity contribution < 1.29 is 31.6 Å². The van der Waals surface area contributed by atoms with Gasteiger partial charge in [-0.25, -0.2) is 0 Å². The highest BCUT2D eigenvalue weighted by molar-refractivity contribution is 7.87. The van der Waals surface area contributed by atoms with Crippen molar-refractivity contribution in [1.82, 2.24) is 0 Å². The molecule has 0 saturated carbocycles. The van der Waals surface area contributed by atoms with Crippen molar-refractivity contribution in [3.8, 4) is 23.0 Å². The van der Waals surface area contributed by atoms with Crippen molar-refractivity contribution in [3.05, 3.63) is 82.6 Å². The SMILES string of the molecule is COc1ccc(C=C2Oc3cc(OS(=O)(=O)c4ccc(Cl)cc4)ccc3C2=O)cc1OC. The summed E-state index contributed by atoms with van der Waals surface area (Å²) in [4.78, 5) is 12.7. The number of carbonyl (C=O) groups excluding carboxylic acids is 1. The zero-order valence-electron chi connectivity index (χ0n) is 17.0. The number of halogens is 1. The first-order valence-corrected chi connectivity index (χ1v) is 11.1. The predicted octanol–water partition coefficient (Wildman–Crippen LogP) is 4.74. The summed E-state index contributed by atoms with van der Waals surface area (Å²) in [6, 6.07) is 15.0. The van der Waals surface area contributed by atoms with E-state index in [0.717, 1.165) is 0 Å². The number of hydrogen-bond acceptors (Lipinski definition) is 7. The van der Waals surface area contributed by atoms with Gasteiger partial charge in [0.25, 0.3) is 0 Å².